The lowest BCUT2D eigenvalue weighted by Gasteiger charge is -2.19. The molecule has 11 heteroatoms. The second-order valence-electron chi connectivity index (χ2n) is 7.50. The lowest BCUT2D eigenvalue weighted by Crippen LogP contribution is -2.23. The van der Waals surface area contributed by atoms with E-state index in [2.05, 4.69) is 37.2 Å². The molecular formula is C23H20Br2NO7P. The molecule has 2 unspecified atom stereocenters. The zero-order valence-corrected chi connectivity index (χ0v) is 22.0. The van der Waals surface area contributed by atoms with Crippen LogP contribution in [0.4, 0.5) is 0 Å². The van der Waals surface area contributed by atoms with Crippen molar-refractivity contribution in [2.75, 3.05) is 0 Å². The van der Waals surface area contributed by atoms with Crippen molar-refractivity contribution < 1.29 is 34.2 Å². The molecule has 0 aliphatic heterocycles. The highest BCUT2D eigenvalue weighted by Gasteiger charge is 2.24. The number of carbonyl (C=O) groups is 2. The van der Waals surface area contributed by atoms with Crippen LogP contribution in [0.15, 0.2) is 63.5 Å². The Kier molecular flexibility index (Phi) is 8.20. The molecule has 0 spiro atoms. The number of hydrogen-bond acceptors (Lipinski definition) is 6. The van der Waals surface area contributed by atoms with Crippen LogP contribution in [-0.4, -0.2) is 27.2 Å². The molecule has 0 aliphatic rings. The number of aliphatic hydroxyl groups is 1. The second kappa shape index (κ2) is 10.7. The summed E-state index contributed by atoms with van der Waals surface area (Å²) < 4.78 is 18.2. The molecule has 0 fully saturated rings. The van der Waals surface area contributed by atoms with Gasteiger partial charge < -0.3 is 29.9 Å². The minimum Gasteiger partial charge on any atom is -0.507 e. The maximum absolute atomic E-state index is 12.6. The van der Waals surface area contributed by atoms with Gasteiger partial charge >= 0.3 is 5.97 Å². The number of rotatable bonds is 8. The van der Waals surface area contributed by atoms with E-state index in [0.29, 0.717) is 25.8 Å². The van der Waals surface area contributed by atoms with Gasteiger partial charge in [-0.1, -0.05) is 12.1 Å². The standard InChI is InChI=1S/C23H20Br2NO7P/c1-23(31,34-32)14-8-17(24)20(18(25)9-14)33-15-6-7-19(27)16(10-15)21(28)26-11-12-2-4-13(5-3-12)22(29)30/h2-10,27,31H,11,34H2,1H3,(H,26,28)(H,29,30). The number of halogens is 2. The number of ether oxygens (including phenoxy) is 1. The van der Waals surface area contributed by atoms with E-state index in [0.717, 1.165) is 0 Å². The second-order valence-corrected chi connectivity index (χ2v) is 10.6. The molecular weight excluding hydrogens is 593 g/mol. The van der Waals surface area contributed by atoms with Crippen LogP contribution >= 0.6 is 40.3 Å². The van der Waals surface area contributed by atoms with Crippen LogP contribution in [0.2, 0.25) is 0 Å². The Morgan fingerprint density at radius 1 is 1.06 bits per heavy atom. The average Bonchev–Trinajstić information content (AvgIpc) is 2.80. The molecule has 8 nitrogen and oxygen atoms in total. The normalized spacial score (nSPS) is 12.9. The van der Waals surface area contributed by atoms with Gasteiger partial charge in [-0.15, -0.1) is 0 Å². The van der Waals surface area contributed by atoms with Crippen LogP contribution in [0, 0.1) is 0 Å². The van der Waals surface area contributed by atoms with Gasteiger partial charge in [-0.3, -0.25) is 4.79 Å². The molecule has 2 atom stereocenters. The fraction of sp³-hybridized carbons (Fsp3) is 0.130. The molecule has 0 saturated heterocycles. The maximum Gasteiger partial charge on any atom is 0.335 e. The predicted octanol–water partition coefficient (Wildman–Crippen LogP) is 5.26. The number of benzene rings is 3. The van der Waals surface area contributed by atoms with E-state index in [1.54, 1.807) is 24.3 Å². The van der Waals surface area contributed by atoms with Crippen LogP contribution in [-0.2, 0) is 16.5 Å². The fourth-order valence-corrected chi connectivity index (χ4v) is 4.59. The van der Waals surface area contributed by atoms with E-state index in [1.165, 1.54) is 37.3 Å². The first kappa shape index (κ1) is 26.0. The van der Waals surface area contributed by atoms with Crippen LogP contribution in [0.5, 0.6) is 17.2 Å². The van der Waals surface area contributed by atoms with Gasteiger partial charge in [0.25, 0.3) is 5.91 Å². The van der Waals surface area contributed by atoms with E-state index in [9.17, 15) is 24.4 Å². The summed E-state index contributed by atoms with van der Waals surface area (Å²) in [6, 6.07) is 13.4. The molecule has 4 N–H and O–H groups in total. The lowest BCUT2D eigenvalue weighted by atomic mass is 10.1. The third-order valence-electron chi connectivity index (χ3n) is 4.90. The number of phenols is 1. The smallest absolute Gasteiger partial charge is 0.335 e. The Labute approximate surface area is 213 Å². The first-order chi connectivity index (χ1) is 16.0. The van der Waals surface area contributed by atoms with E-state index in [-0.39, 0.29) is 29.2 Å². The Morgan fingerprint density at radius 2 is 1.68 bits per heavy atom. The maximum atomic E-state index is 12.6. The van der Waals surface area contributed by atoms with E-state index in [1.807, 2.05) is 0 Å². The Bertz CT molecular complexity index is 1240. The van der Waals surface area contributed by atoms with E-state index in [4.69, 9.17) is 9.84 Å². The van der Waals surface area contributed by atoms with Crippen molar-refractivity contribution in [1.82, 2.24) is 5.32 Å². The first-order valence-corrected chi connectivity index (χ1v) is 12.4. The van der Waals surface area contributed by atoms with Crippen molar-refractivity contribution in [2.45, 2.75) is 18.8 Å². The average molecular weight is 613 g/mol. The van der Waals surface area contributed by atoms with Crippen molar-refractivity contribution in [2.24, 2.45) is 0 Å². The number of amides is 1. The van der Waals surface area contributed by atoms with Crippen molar-refractivity contribution in [3.05, 3.63) is 85.8 Å². The topological polar surface area (TPSA) is 133 Å². The van der Waals surface area contributed by atoms with Gasteiger partial charge in [-0.05, 0) is 92.4 Å². The lowest BCUT2D eigenvalue weighted by molar-refractivity contribution is 0.0696. The van der Waals surface area contributed by atoms with Crippen LogP contribution in [0.25, 0.3) is 0 Å². The minimum atomic E-state index is -1.48. The zero-order chi connectivity index (χ0) is 25.0. The number of carbonyl (C=O) groups excluding carboxylic acids is 1. The summed E-state index contributed by atoms with van der Waals surface area (Å²) in [5.74, 6) is -1.20. The Hall–Kier alpha value is -2.65. The quantitative estimate of drug-likeness (QED) is 0.255. The number of carboxylic acids is 1. The third kappa shape index (κ3) is 6.07. The van der Waals surface area contributed by atoms with Crippen LogP contribution in [0.3, 0.4) is 0 Å². The molecule has 0 aromatic heterocycles. The van der Waals surface area contributed by atoms with Gasteiger partial charge in [0.1, 0.15) is 16.8 Å². The van der Waals surface area contributed by atoms with Gasteiger partial charge in [0.05, 0.1) is 28.5 Å². The van der Waals surface area contributed by atoms with Crippen LogP contribution < -0.4 is 10.1 Å². The number of carboxylic acid groups (broad SMARTS) is 1. The Balaban J connectivity index is 1.78. The molecule has 0 aliphatic carbocycles. The molecule has 178 valence electrons. The molecule has 3 aromatic carbocycles. The molecule has 3 aromatic rings. The molecule has 0 radical (unpaired) electrons. The minimum absolute atomic E-state index is 0.0126. The van der Waals surface area contributed by atoms with Crippen molar-refractivity contribution >= 4 is 52.2 Å². The molecule has 0 heterocycles. The monoisotopic (exact) mass is 611 g/mol. The molecule has 34 heavy (non-hydrogen) atoms. The Morgan fingerprint density at radius 3 is 2.24 bits per heavy atom. The van der Waals surface area contributed by atoms with Gasteiger partial charge in [0.15, 0.2) is 5.75 Å². The van der Waals surface area contributed by atoms with Gasteiger partial charge in [0, 0.05) is 6.54 Å². The summed E-state index contributed by atoms with van der Waals surface area (Å²) in [6.45, 7) is 1.58. The summed E-state index contributed by atoms with van der Waals surface area (Å²) in [6.07, 6.45) is 0. The SMILES string of the molecule is CC(O)([PH2]=O)c1cc(Br)c(Oc2ccc(O)c(C(=O)NCc3ccc(C(=O)O)cc3)c2)c(Br)c1. The zero-order valence-electron chi connectivity index (χ0n) is 17.7. The number of aromatic carboxylic acids is 1. The largest absolute Gasteiger partial charge is 0.507 e. The fourth-order valence-electron chi connectivity index (χ4n) is 2.94. The number of aromatic hydroxyl groups is 1. The summed E-state index contributed by atoms with van der Waals surface area (Å²) in [7, 11) is -1.48. The highest BCUT2D eigenvalue weighted by atomic mass is 79.9. The molecule has 0 bridgehead atoms. The van der Waals surface area contributed by atoms with Gasteiger partial charge in [0.2, 0.25) is 0 Å². The number of hydrogen-bond donors (Lipinski definition) is 4. The van der Waals surface area contributed by atoms with E-state index < -0.39 is 25.7 Å². The molecule has 0 saturated carbocycles. The highest BCUT2D eigenvalue weighted by molar-refractivity contribution is 9.11. The summed E-state index contributed by atoms with van der Waals surface area (Å²) in [5.41, 5.74) is 1.25. The number of nitrogens with one attached hydrogen (secondary N) is 1. The van der Waals surface area contributed by atoms with Crippen molar-refractivity contribution in [3.63, 3.8) is 0 Å². The third-order valence-corrected chi connectivity index (χ3v) is 6.87. The summed E-state index contributed by atoms with van der Waals surface area (Å²) >= 11 is 6.76. The van der Waals surface area contributed by atoms with Crippen LogP contribution in [0.1, 0.15) is 38.8 Å². The highest BCUT2D eigenvalue weighted by Crippen LogP contribution is 2.42. The molecule has 1 amide bonds. The molecule has 3 rings (SSSR count). The van der Waals surface area contributed by atoms with Gasteiger partial charge in [-0.25, -0.2) is 4.79 Å². The summed E-state index contributed by atoms with van der Waals surface area (Å²) in [5, 5.41) is 30.6. The van der Waals surface area contributed by atoms with Gasteiger partial charge in [-0.2, -0.15) is 0 Å². The predicted molar refractivity (Wildman–Crippen MR) is 135 cm³/mol. The van der Waals surface area contributed by atoms with Crippen molar-refractivity contribution in [1.29, 1.82) is 0 Å². The first-order valence-electron chi connectivity index (χ1n) is 9.81. The number of phenolic OH excluding ortho intramolecular Hbond substituents is 1. The van der Waals surface area contributed by atoms with E-state index >= 15 is 0 Å². The summed E-state index contributed by atoms with van der Waals surface area (Å²) in [4.78, 5) is 23.6. The van der Waals surface area contributed by atoms with Crippen molar-refractivity contribution in [3.8, 4) is 17.2 Å².